The van der Waals surface area contributed by atoms with Crippen LogP contribution in [0.15, 0.2) is 36.4 Å². The highest BCUT2D eigenvalue weighted by atomic mass is 35.5. The first kappa shape index (κ1) is 15.0. The lowest BCUT2D eigenvalue weighted by atomic mass is 9.81. The Balaban J connectivity index is 2.16. The summed E-state index contributed by atoms with van der Waals surface area (Å²) >= 11 is 11.8. The van der Waals surface area contributed by atoms with Crippen molar-refractivity contribution in [3.8, 4) is 11.5 Å². The lowest BCUT2D eigenvalue weighted by molar-refractivity contribution is 0.0974. The highest BCUT2D eigenvalue weighted by Gasteiger charge is 2.36. The highest BCUT2D eigenvalue weighted by Crippen LogP contribution is 2.45. The van der Waals surface area contributed by atoms with Crippen LogP contribution in [0.1, 0.15) is 31.8 Å². The van der Waals surface area contributed by atoms with Gasteiger partial charge < -0.3 is 10.2 Å². The van der Waals surface area contributed by atoms with E-state index >= 15 is 0 Å². The molecule has 0 unspecified atom stereocenters. The van der Waals surface area contributed by atoms with Gasteiger partial charge in [0.05, 0.1) is 11.1 Å². The zero-order valence-corrected chi connectivity index (χ0v) is 13.4. The van der Waals surface area contributed by atoms with Gasteiger partial charge >= 0.3 is 0 Å². The summed E-state index contributed by atoms with van der Waals surface area (Å²) < 4.78 is 0. The molecule has 6 heteroatoms. The Kier molecular flexibility index (Phi) is 3.10. The number of halogens is 2. The Hall–Kier alpha value is -2.56. The van der Waals surface area contributed by atoms with Crippen molar-refractivity contribution in [3.05, 3.63) is 68.7 Å². The third-order valence-electron chi connectivity index (χ3n) is 4.14. The largest absolute Gasteiger partial charge is 0.506 e. The number of rotatable bonds is 0. The van der Waals surface area contributed by atoms with E-state index in [1.54, 1.807) is 0 Å². The average Bonchev–Trinajstić information content (AvgIpc) is 2.55. The second-order valence-corrected chi connectivity index (χ2v) is 6.36. The number of aromatic hydroxyl groups is 2. The van der Waals surface area contributed by atoms with Gasteiger partial charge in [0.1, 0.15) is 11.5 Å². The fourth-order valence-corrected chi connectivity index (χ4v) is 3.38. The fourth-order valence-electron chi connectivity index (χ4n) is 3.04. The van der Waals surface area contributed by atoms with Gasteiger partial charge in [-0.1, -0.05) is 23.2 Å². The standard InChI is InChI=1S/C18H8Cl2O4/c19-7-1-3-9-11(5-7)17(23)14-13(15(9)21)16(22)10-4-2-8(20)6-12(10)18(14)24/h1-6,21,23H. The van der Waals surface area contributed by atoms with Crippen LogP contribution in [0, 0.1) is 0 Å². The zero-order valence-electron chi connectivity index (χ0n) is 11.9. The average molecular weight is 359 g/mol. The van der Waals surface area contributed by atoms with Crippen LogP contribution in [0.5, 0.6) is 11.5 Å². The molecule has 0 spiro atoms. The molecule has 0 atom stereocenters. The normalized spacial score (nSPS) is 13.1. The van der Waals surface area contributed by atoms with Crippen molar-refractivity contribution >= 4 is 45.5 Å². The first-order chi connectivity index (χ1) is 11.4. The lowest BCUT2D eigenvalue weighted by Gasteiger charge is -2.21. The van der Waals surface area contributed by atoms with Crippen molar-refractivity contribution in [3.63, 3.8) is 0 Å². The lowest BCUT2D eigenvalue weighted by Crippen LogP contribution is -2.21. The molecule has 0 saturated heterocycles. The predicted molar refractivity (Wildman–Crippen MR) is 90.6 cm³/mol. The van der Waals surface area contributed by atoms with Gasteiger partial charge in [-0.25, -0.2) is 0 Å². The first-order valence-corrected chi connectivity index (χ1v) is 7.72. The molecule has 24 heavy (non-hydrogen) atoms. The number of ketones is 2. The van der Waals surface area contributed by atoms with Gasteiger partial charge in [0.15, 0.2) is 11.6 Å². The van der Waals surface area contributed by atoms with Gasteiger partial charge in [-0.05, 0) is 36.4 Å². The van der Waals surface area contributed by atoms with Crippen molar-refractivity contribution in [1.29, 1.82) is 0 Å². The van der Waals surface area contributed by atoms with Crippen LogP contribution in [-0.2, 0) is 0 Å². The second kappa shape index (κ2) is 4.97. The molecule has 3 aromatic carbocycles. The molecule has 0 heterocycles. The van der Waals surface area contributed by atoms with E-state index in [1.165, 1.54) is 36.4 Å². The van der Waals surface area contributed by atoms with Crippen LogP contribution in [0.3, 0.4) is 0 Å². The SMILES string of the molecule is O=C1c2ccc(Cl)cc2C(=O)c2c1c(O)c1ccc(Cl)cc1c2O. The van der Waals surface area contributed by atoms with Gasteiger partial charge in [0.2, 0.25) is 0 Å². The maximum atomic E-state index is 12.8. The molecule has 0 amide bonds. The van der Waals surface area contributed by atoms with Gasteiger partial charge in [-0.15, -0.1) is 0 Å². The minimum absolute atomic E-state index is 0.0936. The molecule has 0 radical (unpaired) electrons. The molecule has 0 saturated carbocycles. The first-order valence-electron chi connectivity index (χ1n) is 6.96. The molecule has 2 N–H and O–H groups in total. The molecule has 0 aliphatic heterocycles. The number of hydrogen-bond donors (Lipinski definition) is 2. The summed E-state index contributed by atoms with van der Waals surface area (Å²) in [4.78, 5) is 25.5. The third-order valence-corrected chi connectivity index (χ3v) is 4.61. The second-order valence-electron chi connectivity index (χ2n) is 5.49. The Morgan fingerprint density at radius 2 is 1.21 bits per heavy atom. The number of benzene rings is 3. The Morgan fingerprint density at radius 3 is 1.92 bits per heavy atom. The molecule has 118 valence electrons. The third kappa shape index (κ3) is 1.87. The monoisotopic (exact) mass is 358 g/mol. The van der Waals surface area contributed by atoms with E-state index < -0.39 is 11.6 Å². The van der Waals surface area contributed by atoms with E-state index in [2.05, 4.69) is 0 Å². The van der Waals surface area contributed by atoms with E-state index in [4.69, 9.17) is 23.2 Å². The Morgan fingerprint density at radius 1 is 0.667 bits per heavy atom. The minimum Gasteiger partial charge on any atom is -0.506 e. The molecular formula is C18H8Cl2O4. The summed E-state index contributed by atoms with van der Waals surface area (Å²) in [5, 5.41) is 22.1. The summed E-state index contributed by atoms with van der Waals surface area (Å²) in [6.07, 6.45) is 0. The van der Waals surface area contributed by atoms with E-state index in [0.717, 1.165) is 0 Å². The molecule has 4 rings (SSSR count). The van der Waals surface area contributed by atoms with Crippen molar-refractivity contribution in [1.82, 2.24) is 0 Å². The molecule has 1 aliphatic carbocycles. The van der Waals surface area contributed by atoms with E-state index in [1.807, 2.05) is 0 Å². The van der Waals surface area contributed by atoms with Crippen LogP contribution < -0.4 is 0 Å². The Bertz CT molecular complexity index is 1090. The number of fused-ring (bicyclic) bond motifs is 3. The summed E-state index contributed by atoms with van der Waals surface area (Å²) in [7, 11) is 0. The highest BCUT2D eigenvalue weighted by molar-refractivity contribution is 6.36. The van der Waals surface area contributed by atoms with E-state index in [9.17, 15) is 19.8 Å². The van der Waals surface area contributed by atoms with E-state index in [-0.39, 0.29) is 44.5 Å². The topological polar surface area (TPSA) is 74.6 Å². The number of phenols is 2. The number of phenolic OH excluding ortho intramolecular Hbond substituents is 2. The van der Waals surface area contributed by atoms with Gasteiger partial charge in [0, 0.05) is 31.9 Å². The molecule has 4 nitrogen and oxygen atoms in total. The summed E-state index contributed by atoms with van der Waals surface area (Å²) in [6.45, 7) is 0. The van der Waals surface area contributed by atoms with Crippen molar-refractivity contribution in [2.45, 2.75) is 0 Å². The van der Waals surface area contributed by atoms with Gasteiger partial charge in [0.25, 0.3) is 0 Å². The molecular weight excluding hydrogens is 351 g/mol. The van der Waals surface area contributed by atoms with Crippen molar-refractivity contribution in [2.24, 2.45) is 0 Å². The minimum atomic E-state index is -0.572. The molecule has 0 bridgehead atoms. The number of carbonyl (C=O) groups is 2. The van der Waals surface area contributed by atoms with Gasteiger partial charge in [-0.3, -0.25) is 9.59 Å². The van der Waals surface area contributed by atoms with Crippen molar-refractivity contribution in [2.75, 3.05) is 0 Å². The van der Waals surface area contributed by atoms with Crippen LogP contribution >= 0.6 is 23.2 Å². The maximum Gasteiger partial charge on any atom is 0.198 e. The van der Waals surface area contributed by atoms with Crippen LogP contribution in [0.2, 0.25) is 10.0 Å². The summed E-state index contributed by atoms with van der Waals surface area (Å²) in [5.74, 6) is -1.85. The van der Waals surface area contributed by atoms with Crippen molar-refractivity contribution < 1.29 is 19.8 Å². The summed E-state index contributed by atoms with van der Waals surface area (Å²) in [5.41, 5.74) is -0.208. The Labute approximate surface area is 145 Å². The maximum absolute atomic E-state index is 12.8. The summed E-state index contributed by atoms with van der Waals surface area (Å²) in [6, 6.07) is 8.74. The predicted octanol–water partition coefficient (Wildman–Crippen LogP) is 4.33. The van der Waals surface area contributed by atoms with Crippen LogP contribution in [0.4, 0.5) is 0 Å². The quantitative estimate of drug-likeness (QED) is 0.458. The van der Waals surface area contributed by atoms with Crippen LogP contribution in [-0.4, -0.2) is 21.8 Å². The molecule has 0 fully saturated rings. The molecule has 0 aromatic heterocycles. The number of carbonyl (C=O) groups excluding carboxylic acids is 2. The fraction of sp³-hybridized carbons (Fsp3) is 0. The molecule has 1 aliphatic rings. The zero-order chi connectivity index (χ0) is 17.2. The number of hydrogen-bond acceptors (Lipinski definition) is 4. The van der Waals surface area contributed by atoms with E-state index in [0.29, 0.717) is 10.0 Å². The van der Waals surface area contributed by atoms with Crippen LogP contribution in [0.25, 0.3) is 10.8 Å². The smallest absolute Gasteiger partial charge is 0.198 e. The van der Waals surface area contributed by atoms with Gasteiger partial charge in [-0.2, -0.15) is 0 Å². The molecule has 3 aromatic rings.